The number of aromatic nitrogens is 4. The summed E-state index contributed by atoms with van der Waals surface area (Å²) in [6.07, 6.45) is 1.60. The van der Waals surface area contributed by atoms with Crippen molar-refractivity contribution >= 4 is 22.4 Å². The fraction of sp³-hybridized carbons (Fsp3) is 0.444. The maximum absolute atomic E-state index is 13.6. The van der Waals surface area contributed by atoms with Gasteiger partial charge in [0.25, 0.3) is 5.56 Å². The summed E-state index contributed by atoms with van der Waals surface area (Å²) in [6, 6.07) is 12.0. The zero-order valence-electron chi connectivity index (χ0n) is 21.5. The molecule has 1 aliphatic rings. The molecule has 1 fully saturated rings. The van der Waals surface area contributed by atoms with Crippen LogP contribution in [0.5, 0.6) is 11.6 Å². The van der Waals surface area contributed by atoms with E-state index in [1.54, 1.807) is 14.2 Å². The molecule has 9 heteroatoms. The van der Waals surface area contributed by atoms with E-state index >= 15 is 0 Å². The highest BCUT2D eigenvalue weighted by Gasteiger charge is 2.20. The molecule has 0 amide bonds. The van der Waals surface area contributed by atoms with E-state index in [4.69, 9.17) is 14.5 Å². The summed E-state index contributed by atoms with van der Waals surface area (Å²) in [5.74, 6) is 2.24. The number of imidazole rings is 1. The smallest absolute Gasteiger partial charge is 0.277 e. The van der Waals surface area contributed by atoms with Crippen LogP contribution in [0.25, 0.3) is 16.7 Å². The fourth-order valence-corrected chi connectivity index (χ4v) is 5.15. The average molecular weight is 491 g/mol. The van der Waals surface area contributed by atoms with Gasteiger partial charge in [0.15, 0.2) is 5.65 Å². The van der Waals surface area contributed by atoms with Gasteiger partial charge in [-0.25, -0.2) is 4.98 Å². The molecule has 0 unspecified atom stereocenters. The van der Waals surface area contributed by atoms with Crippen LogP contribution in [0.2, 0.25) is 0 Å². The standard InChI is InChI=1S/C27H34N6O3/c1-5-23-28-19(2)25-27(34)32(22-11-12-24(36-4)29-26(22)33(23)25)14-6-13-30-15-17-31(18-16-30)20-7-9-21(35-3)10-8-20/h7-12H,5-6,13-18H2,1-4H3. The summed E-state index contributed by atoms with van der Waals surface area (Å²) in [7, 11) is 3.30. The number of methoxy groups -OCH3 is 2. The molecule has 9 nitrogen and oxygen atoms in total. The average Bonchev–Trinajstić information content (AvgIpc) is 3.27. The van der Waals surface area contributed by atoms with Crippen molar-refractivity contribution in [3.8, 4) is 11.6 Å². The first-order valence-electron chi connectivity index (χ1n) is 12.6. The van der Waals surface area contributed by atoms with E-state index in [-0.39, 0.29) is 5.56 Å². The Morgan fingerprint density at radius 3 is 2.33 bits per heavy atom. The number of benzene rings is 1. The van der Waals surface area contributed by atoms with Crippen LogP contribution in [-0.2, 0) is 13.0 Å². The summed E-state index contributed by atoms with van der Waals surface area (Å²) in [5, 5.41) is 0. The Balaban J connectivity index is 1.32. The maximum Gasteiger partial charge on any atom is 0.277 e. The first kappa shape index (κ1) is 24.1. The van der Waals surface area contributed by atoms with Gasteiger partial charge in [0.1, 0.15) is 17.1 Å². The Kier molecular flexibility index (Phi) is 6.82. The van der Waals surface area contributed by atoms with Crippen LogP contribution in [-0.4, -0.2) is 70.8 Å². The van der Waals surface area contributed by atoms with Crippen molar-refractivity contribution in [1.82, 2.24) is 23.8 Å². The number of ether oxygens (including phenoxy) is 2. The highest BCUT2D eigenvalue weighted by Crippen LogP contribution is 2.22. The van der Waals surface area contributed by atoms with Crippen LogP contribution in [0.3, 0.4) is 0 Å². The summed E-state index contributed by atoms with van der Waals surface area (Å²) in [5.41, 5.74) is 4.09. The third kappa shape index (κ3) is 4.39. The third-order valence-corrected chi connectivity index (χ3v) is 7.09. The molecule has 5 rings (SSSR count). The number of aryl methyl sites for hydroxylation is 3. The normalized spacial score (nSPS) is 14.6. The molecule has 0 atom stereocenters. The predicted octanol–water partition coefficient (Wildman–Crippen LogP) is 3.14. The van der Waals surface area contributed by atoms with Gasteiger partial charge in [0.2, 0.25) is 5.88 Å². The van der Waals surface area contributed by atoms with Gasteiger partial charge in [0, 0.05) is 50.9 Å². The topological polar surface area (TPSA) is 77.1 Å². The van der Waals surface area contributed by atoms with E-state index in [1.165, 1.54) is 5.69 Å². The van der Waals surface area contributed by atoms with Gasteiger partial charge in [-0.3, -0.25) is 14.1 Å². The molecular formula is C27H34N6O3. The van der Waals surface area contributed by atoms with Gasteiger partial charge in [0.05, 0.1) is 25.4 Å². The third-order valence-electron chi connectivity index (χ3n) is 7.09. The Labute approximate surface area is 210 Å². The first-order valence-corrected chi connectivity index (χ1v) is 12.6. The van der Waals surface area contributed by atoms with Crippen LogP contribution >= 0.6 is 0 Å². The molecule has 1 saturated heterocycles. The van der Waals surface area contributed by atoms with Crippen LogP contribution in [0.15, 0.2) is 41.2 Å². The first-order chi connectivity index (χ1) is 17.5. The Morgan fingerprint density at radius 2 is 1.67 bits per heavy atom. The molecule has 0 bridgehead atoms. The van der Waals surface area contributed by atoms with Gasteiger partial charge in [-0.1, -0.05) is 6.92 Å². The number of piperazine rings is 1. The lowest BCUT2D eigenvalue weighted by Crippen LogP contribution is -2.46. The van der Waals surface area contributed by atoms with E-state index in [2.05, 4.69) is 26.9 Å². The lowest BCUT2D eigenvalue weighted by Gasteiger charge is -2.36. The van der Waals surface area contributed by atoms with Gasteiger partial charge >= 0.3 is 0 Å². The van der Waals surface area contributed by atoms with E-state index in [9.17, 15) is 4.79 Å². The van der Waals surface area contributed by atoms with E-state index in [0.717, 1.165) is 74.0 Å². The maximum atomic E-state index is 13.6. The zero-order valence-corrected chi connectivity index (χ0v) is 21.5. The number of hydrogen-bond donors (Lipinski definition) is 0. The Hall–Kier alpha value is -3.59. The van der Waals surface area contributed by atoms with Gasteiger partial charge < -0.3 is 18.9 Å². The van der Waals surface area contributed by atoms with Crippen molar-refractivity contribution in [3.63, 3.8) is 0 Å². The van der Waals surface area contributed by atoms with Crippen molar-refractivity contribution < 1.29 is 9.47 Å². The van der Waals surface area contributed by atoms with Gasteiger partial charge in [-0.05, 0) is 50.2 Å². The molecule has 0 N–H and O–H groups in total. The molecule has 1 aromatic carbocycles. The molecule has 190 valence electrons. The van der Waals surface area contributed by atoms with Crippen molar-refractivity contribution in [3.05, 3.63) is 58.3 Å². The zero-order chi connectivity index (χ0) is 25.2. The second kappa shape index (κ2) is 10.2. The minimum Gasteiger partial charge on any atom is -0.497 e. The summed E-state index contributed by atoms with van der Waals surface area (Å²) < 4.78 is 14.4. The van der Waals surface area contributed by atoms with Gasteiger partial charge in [-0.2, -0.15) is 4.98 Å². The van der Waals surface area contributed by atoms with Crippen molar-refractivity contribution in [2.24, 2.45) is 0 Å². The van der Waals surface area contributed by atoms with Crippen molar-refractivity contribution in [1.29, 1.82) is 0 Å². The van der Waals surface area contributed by atoms with Crippen molar-refractivity contribution in [2.75, 3.05) is 51.8 Å². The number of fused-ring (bicyclic) bond motifs is 3. The Morgan fingerprint density at radius 1 is 0.917 bits per heavy atom. The highest BCUT2D eigenvalue weighted by atomic mass is 16.5. The lowest BCUT2D eigenvalue weighted by atomic mass is 10.2. The number of anilines is 1. The second-order valence-corrected chi connectivity index (χ2v) is 9.18. The summed E-state index contributed by atoms with van der Waals surface area (Å²) in [4.78, 5) is 27.8. The second-order valence-electron chi connectivity index (χ2n) is 9.18. The SMILES string of the molecule is CCc1nc(C)c2c(=O)n(CCCN3CCN(c4ccc(OC)cc4)CC3)c3ccc(OC)nc3n12. The molecule has 4 aromatic rings. The van der Waals surface area contributed by atoms with Crippen LogP contribution in [0.4, 0.5) is 5.69 Å². The van der Waals surface area contributed by atoms with Crippen LogP contribution in [0.1, 0.15) is 24.9 Å². The lowest BCUT2D eigenvalue weighted by molar-refractivity contribution is 0.250. The van der Waals surface area contributed by atoms with Crippen LogP contribution < -0.4 is 19.9 Å². The molecule has 3 aromatic heterocycles. The summed E-state index contributed by atoms with van der Waals surface area (Å²) in [6.45, 7) is 9.48. The number of hydrogen-bond acceptors (Lipinski definition) is 7. The largest absolute Gasteiger partial charge is 0.497 e. The molecule has 4 heterocycles. The molecule has 36 heavy (non-hydrogen) atoms. The Bertz CT molecular complexity index is 1420. The quantitative estimate of drug-likeness (QED) is 0.376. The minimum atomic E-state index is -0.0107. The number of rotatable bonds is 8. The molecule has 0 saturated carbocycles. The molecule has 0 aliphatic carbocycles. The monoisotopic (exact) mass is 490 g/mol. The van der Waals surface area contributed by atoms with E-state index in [0.29, 0.717) is 17.9 Å². The van der Waals surface area contributed by atoms with E-state index in [1.807, 2.05) is 47.1 Å². The van der Waals surface area contributed by atoms with Crippen molar-refractivity contribution in [2.45, 2.75) is 33.2 Å². The molecule has 0 radical (unpaired) electrons. The number of nitrogens with zero attached hydrogens (tertiary/aromatic N) is 6. The number of pyridine rings is 1. The molecular weight excluding hydrogens is 456 g/mol. The minimum absolute atomic E-state index is 0.0107. The summed E-state index contributed by atoms with van der Waals surface area (Å²) >= 11 is 0. The predicted molar refractivity (Wildman–Crippen MR) is 142 cm³/mol. The van der Waals surface area contributed by atoms with E-state index < -0.39 is 0 Å². The molecule has 0 spiro atoms. The molecule has 1 aliphatic heterocycles. The highest BCUT2D eigenvalue weighted by molar-refractivity contribution is 5.77. The fourth-order valence-electron chi connectivity index (χ4n) is 5.15. The van der Waals surface area contributed by atoms with Crippen LogP contribution in [0, 0.1) is 6.92 Å². The van der Waals surface area contributed by atoms with Gasteiger partial charge in [-0.15, -0.1) is 0 Å².